The Kier molecular flexibility index (Phi) is 5.63. The Bertz CT molecular complexity index is 853. The summed E-state index contributed by atoms with van der Waals surface area (Å²) in [5.74, 6) is 2.19. The first-order chi connectivity index (χ1) is 13.5. The maximum Gasteiger partial charge on any atom is 0.269 e. The third-order valence-electron chi connectivity index (χ3n) is 6.17. The Balaban J connectivity index is 1.34. The molecule has 28 heavy (non-hydrogen) atoms. The molecule has 152 valence electrons. The van der Waals surface area contributed by atoms with E-state index < -0.39 is 0 Å². The standard InChI is InChI=1S/C21H29ClN4O2/c1-13(2)20-19(22)17-6-4-7-18(26(17)24-20)21(27)23-10-14-15-11-25(12-16(14)15)8-5-9-28-3/h4,6-7,13-16H,5,8-12H2,1-3H3,(H,23,27). The fourth-order valence-corrected chi connectivity index (χ4v) is 4.95. The molecule has 2 aromatic heterocycles. The Morgan fingerprint density at radius 1 is 1.36 bits per heavy atom. The zero-order chi connectivity index (χ0) is 19.8. The molecule has 1 aliphatic carbocycles. The van der Waals surface area contributed by atoms with Crippen LogP contribution in [-0.2, 0) is 4.74 Å². The summed E-state index contributed by atoms with van der Waals surface area (Å²) < 4.78 is 6.81. The number of carbonyl (C=O) groups is 1. The minimum atomic E-state index is -0.0815. The maximum absolute atomic E-state index is 12.8. The van der Waals surface area contributed by atoms with E-state index in [9.17, 15) is 4.79 Å². The van der Waals surface area contributed by atoms with Crippen LogP contribution in [0, 0.1) is 17.8 Å². The molecule has 0 radical (unpaired) electrons. The molecule has 3 heterocycles. The van der Waals surface area contributed by atoms with Crippen molar-refractivity contribution in [2.24, 2.45) is 17.8 Å². The van der Waals surface area contributed by atoms with Gasteiger partial charge in [0.15, 0.2) is 0 Å². The van der Waals surface area contributed by atoms with Crippen LogP contribution in [0.4, 0.5) is 0 Å². The topological polar surface area (TPSA) is 58.9 Å². The predicted octanol–water partition coefficient (Wildman–Crippen LogP) is 3.06. The van der Waals surface area contributed by atoms with Crippen LogP contribution >= 0.6 is 11.6 Å². The molecule has 2 aliphatic rings. The third kappa shape index (κ3) is 3.65. The number of halogens is 1. The third-order valence-corrected chi connectivity index (χ3v) is 6.56. The van der Waals surface area contributed by atoms with Gasteiger partial charge >= 0.3 is 0 Å². The van der Waals surface area contributed by atoms with Crippen molar-refractivity contribution in [1.29, 1.82) is 0 Å². The predicted molar refractivity (Wildman–Crippen MR) is 110 cm³/mol. The normalized spacial score (nSPS) is 24.1. The first-order valence-corrected chi connectivity index (χ1v) is 10.6. The number of carbonyl (C=O) groups excluding carboxylic acids is 1. The molecule has 1 saturated carbocycles. The molecule has 2 atom stereocenters. The van der Waals surface area contributed by atoms with Gasteiger partial charge in [-0.3, -0.25) is 4.79 Å². The van der Waals surface area contributed by atoms with E-state index in [2.05, 4.69) is 29.2 Å². The molecule has 1 aliphatic heterocycles. The molecular formula is C21H29ClN4O2. The van der Waals surface area contributed by atoms with E-state index in [1.165, 1.54) is 0 Å². The first kappa shape index (κ1) is 19.7. The highest BCUT2D eigenvalue weighted by atomic mass is 35.5. The number of methoxy groups -OCH3 is 1. The molecule has 1 N–H and O–H groups in total. The summed E-state index contributed by atoms with van der Waals surface area (Å²) in [5.41, 5.74) is 2.15. The van der Waals surface area contributed by atoms with Crippen LogP contribution in [0.2, 0.25) is 5.02 Å². The quantitative estimate of drug-likeness (QED) is 0.687. The zero-order valence-corrected chi connectivity index (χ0v) is 17.6. The summed E-state index contributed by atoms with van der Waals surface area (Å²) in [7, 11) is 1.75. The minimum Gasteiger partial charge on any atom is -0.385 e. The molecule has 4 rings (SSSR count). The van der Waals surface area contributed by atoms with E-state index in [1.54, 1.807) is 17.7 Å². The number of hydrogen-bond donors (Lipinski definition) is 1. The van der Waals surface area contributed by atoms with Crippen LogP contribution in [-0.4, -0.2) is 60.3 Å². The Morgan fingerprint density at radius 3 is 2.79 bits per heavy atom. The van der Waals surface area contributed by atoms with Gasteiger partial charge in [0.2, 0.25) is 0 Å². The number of pyridine rings is 1. The smallest absolute Gasteiger partial charge is 0.269 e. The fraction of sp³-hybridized carbons (Fsp3) is 0.619. The molecule has 0 spiro atoms. The first-order valence-electron chi connectivity index (χ1n) is 10.2. The summed E-state index contributed by atoms with van der Waals surface area (Å²) >= 11 is 6.46. The van der Waals surface area contributed by atoms with Crippen molar-refractivity contribution in [1.82, 2.24) is 19.8 Å². The van der Waals surface area contributed by atoms with E-state index >= 15 is 0 Å². The summed E-state index contributed by atoms with van der Waals surface area (Å²) in [5, 5.41) is 8.34. The number of nitrogens with zero attached hydrogens (tertiary/aromatic N) is 3. The SMILES string of the molecule is COCCCN1CC2C(CNC(=O)c3cccc4c(Cl)c(C(C)C)nn34)C2C1. The Morgan fingerprint density at radius 2 is 2.11 bits per heavy atom. The zero-order valence-electron chi connectivity index (χ0n) is 16.8. The molecule has 1 amide bonds. The van der Waals surface area contributed by atoms with Crippen molar-refractivity contribution in [2.45, 2.75) is 26.2 Å². The molecule has 0 bridgehead atoms. The minimum absolute atomic E-state index is 0.0815. The second-order valence-electron chi connectivity index (χ2n) is 8.37. The summed E-state index contributed by atoms with van der Waals surface area (Å²) in [6.45, 7) is 9.08. The van der Waals surface area contributed by atoms with Gasteiger partial charge in [-0.1, -0.05) is 31.5 Å². The average Bonchev–Trinajstić information content (AvgIpc) is 3.00. The van der Waals surface area contributed by atoms with E-state index in [0.29, 0.717) is 16.6 Å². The van der Waals surface area contributed by atoms with Crippen molar-refractivity contribution in [3.63, 3.8) is 0 Å². The summed E-state index contributed by atoms with van der Waals surface area (Å²) in [4.78, 5) is 15.3. The maximum atomic E-state index is 12.8. The average molecular weight is 405 g/mol. The number of rotatable bonds is 8. The fourth-order valence-electron chi connectivity index (χ4n) is 4.55. The number of nitrogens with one attached hydrogen (secondary N) is 1. The van der Waals surface area contributed by atoms with Gasteiger partial charge in [0.25, 0.3) is 5.91 Å². The van der Waals surface area contributed by atoms with Crippen LogP contribution in [0.25, 0.3) is 5.52 Å². The van der Waals surface area contributed by atoms with E-state index in [-0.39, 0.29) is 11.8 Å². The second-order valence-corrected chi connectivity index (χ2v) is 8.75. The van der Waals surface area contributed by atoms with E-state index in [0.717, 1.165) is 62.3 Å². The molecule has 2 unspecified atom stereocenters. The monoisotopic (exact) mass is 404 g/mol. The molecule has 7 heteroatoms. The van der Waals surface area contributed by atoms with Crippen molar-refractivity contribution in [3.05, 3.63) is 34.6 Å². The van der Waals surface area contributed by atoms with Gasteiger partial charge in [0.05, 0.1) is 16.2 Å². The largest absolute Gasteiger partial charge is 0.385 e. The van der Waals surface area contributed by atoms with Gasteiger partial charge in [-0.15, -0.1) is 0 Å². The van der Waals surface area contributed by atoms with Gasteiger partial charge in [-0.2, -0.15) is 5.10 Å². The lowest BCUT2D eigenvalue weighted by Gasteiger charge is -2.19. The number of ether oxygens (including phenoxy) is 1. The van der Waals surface area contributed by atoms with Gasteiger partial charge < -0.3 is 15.0 Å². The van der Waals surface area contributed by atoms with Crippen LogP contribution in [0.5, 0.6) is 0 Å². The van der Waals surface area contributed by atoms with Crippen LogP contribution in [0.15, 0.2) is 18.2 Å². The van der Waals surface area contributed by atoms with Gasteiger partial charge in [0, 0.05) is 39.9 Å². The molecule has 0 aromatic carbocycles. The lowest BCUT2D eigenvalue weighted by Crippen LogP contribution is -2.32. The molecule has 1 saturated heterocycles. The Hall–Kier alpha value is -1.63. The Labute approximate surface area is 171 Å². The number of aromatic nitrogens is 2. The highest BCUT2D eigenvalue weighted by molar-refractivity contribution is 6.34. The molecular weight excluding hydrogens is 376 g/mol. The lowest BCUT2D eigenvalue weighted by molar-refractivity contribution is 0.0941. The van der Waals surface area contributed by atoms with Crippen molar-refractivity contribution in [3.8, 4) is 0 Å². The number of hydrogen-bond acceptors (Lipinski definition) is 4. The van der Waals surface area contributed by atoms with Crippen LogP contribution in [0.1, 0.15) is 42.4 Å². The van der Waals surface area contributed by atoms with Crippen molar-refractivity contribution >= 4 is 23.0 Å². The van der Waals surface area contributed by atoms with E-state index in [4.69, 9.17) is 16.3 Å². The number of piperidine rings is 1. The summed E-state index contributed by atoms with van der Waals surface area (Å²) in [6, 6.07) is 5.58. The number of likely N-dealkylation sites (tertiary alicyclic amines) is 1. The van der Waals surface area contributed by atoms with Crippen LogP contribution in [0.3, 0.4) is 0 Å². The van der Waals surface area contributed by atoms with Crippen molar-refractivity contribution < 1.29 is 9.53 Å². The molecule has 6 nitrogen and oxygen atoms in total. The van der Waals surface area contributed by atoms with Gasteiger partial charge in [-0.25, -0.2) is 4.52 Å². The molecule has 2 aromatic rings. The lowest BCUT2D eigenvalue weighted by atomic mass is 10.1. The molecule has 2 fully saturated rings. The van der Waals surface area contributed by atoms with Gasteiger partial charge in [-0.05, 0) is 42.2 Å². The second kappa shape index (κ2) is 8.01. The van der Waals surface area contributed by atoms with Crippen LogP contribution < -0.4 is 5.32 Å². The highest BCUT2D eigenvalue weighted by Crippen LogP contribution is 2.51. The van der Waals surface area contributed by atoms with Gasteiger partial charge in [0.1, 0.15) is 5.69 Å². The van der Waals surface area contributed by atoms with Crippen molar-refractivity contribution in [2.75, 3.05) is 39.9 Å². The number of amides is 1. The van der Waals surface area contributed by atoms with E-state index in [1.807, 2.05) is 12.1 Å². The number of fused-ring (bicyclic) bond motifs is 2. The highest BCUT2D eigenvalue weighted by Gasteiger charge is 2.54. The summed E-state index contributed by atoms with van der Waals surface area (Å²) in [6.07, 6.45) is 1.09.